The standard InChI is InChI=1S/C24H44O/c1-15(2)20-10-8-17(5)12-22(20)24(14-19(7)25)23-13-18(6)9-11-21(23)16(3)4/h15-18,20-24H,8-14H2,1-7H3. The topological polar surface area (TPSA) is 17.1 Å². The highest BCUT2D eigenvalue weighted by molar-refractivity contribution is 5.75. The maximum atomic E-state index is 12.3. The smallest absolute Gasteiger partial charge is 0.130 e. The molecule has 0 aromatic carbocycles. The second kappa shape index (κ2) is 9.05. The Kier molecular flexibility index (Phi) is 7.59. The monoisotopic (exact) mass is 348 g/mol. The molecular weight excluding hydrogens is 304 g/mol. The van der Waals surface area contributed by atoms with Crippen LogP contribution < -0.4 is 0 Å². The van der Waals surface area contributed by atoms with Gasteiger partial charge in [-0.3, -0.25) is 0 Å². The normalized spacial score (nSPS) is 38.1. The Morgan fingerprint density at radius 2 is 1.16 bits per heavy atom. The summed E-state index contributed by atoms with van der Waals surface area (Å²) in [4.78, 5) is 12.3. The molecule has 0 radical (unpaired) electrons. The SMILES string of the molecule is CC(=O)CC(C1CC(C)CCC1C(C)C)C1CC(C)CCC1C(C)C. The Balaban J connectivity index is 2.32. The molecule has 1 heteroatoms. The van der Waals surface area contributed by atoms with Crippen molar-refractivity contribution >= 4 is 5.78 Å². The second-order valence-corrected chi connectivity index (χ2v) is 10.5. The van der Waals surface area contributed by atoms with E-state index in [1.165, 1.54) is 38.5 Å². The molecule has 0 amide bonds. The van der Waals surface area contributed by atoms with E-state index >= 15 is 0 Å². The Morgan fingerprint density at radius 3 is 1.48 bits per heavy atom. The number of rotatable bonds is 6. The summed E-state index contributed by atoms with van der Waals surface area (Å²) in [6.07, 6.45) is 9.09. The first kappa shape index (κ1) is 21.0. The highest BCUT2D eigenvalue weighted by Crippen LogP contribution is 2.51. The molecule has 0 aromatic heterocycles. The zero-order valence-electron chi connectivity index (χ0n) is 18.1. The fourth-order valence-electron chi connectivity index (χ4n) is 6.49. The Hall–Kier alpha value is -0.330. The lowest BCUT2D eigenvalue weighted by atomic mass is 9.56. The summed E-state index contributed by atoms with van der Waals surface area (Å²) in [5.74, 6) is 7.43. The minimum absolute atomic E-state index is 0.423. The van der Waals surface area contributed by atoms with Gasteiger partial charge in [-0.1, -0.05) is 54.4 Å². The molecule has 0 heterocycles. The van der Waals surface area contributed by atoms with Crippen molar-refractivity contribution in [2.45, 2.75) is 93.4 Å². The second-order valence-electron chi connectivity index (χ2n) is 10.5. The minimum Gasteiger partial charge on any atom is -0.300 e. The van der Waals surface area contributed by atoms with Gasteiger partial charge in [0.05, 0.1) is 0 Å². The van der Waals surface area contributed by atoms with Crippen molar-refractivity contribution in [2.24, 2.45) is 53.3 Å². The molecule has 146 valence electrons. The predicted molar refractivity (Wildman–Crippen MR) is 108 cm³/mol. The van der Waals surface area contributed by atoms with Crippen LogP contribution in [0.15, 0.2) is 0 Å². The van der Waals surface area contributed by atoms with E-state index in [0.717, 1.165) is 53.8 Å². The summed E-state index contributed by atoms with van der Waals surface area (Å²) >= 11 is 0. The Labute approximate surface area is 157 Å². The largest absolute Gasteiger partial charge is 0.300 e. The van der Waals surface area contributed by atoms with Crippen molar-refractivity contribution in [3.63, 3.8) is 0 Å². The van der Waals surface area contributed by atoms with Gasteiger partial charge in [0.25, 0.3) is 0 Å². The average molecular weight is 349 g/mol. The van der Waals surface area contributed by atoms with Crippen LogP contribution in [0, 0.1) is 53.3 Å². The van der Waals surface area contributed by atoms with Crippen LogP contribution in [0.5, 0.6) is 0 Å². The van der Waals surface area contributed by atoms with Gasteiger partial charge >= 0.3 is 0 Å². The van der Waals surface area contributed by atoms with Gasteiger partial charge in [0.2, 0.25) is 0 Å². The fourth-order valence-corrected chi connectivity index (χ4v) is 6.49. The van der Waals surface area contributed by atoms with Gasteiger partial charge in [-0.05, 0) is 85.9 Å². The quantitative estimate of drug-likeness (QED) is 0.505. The van der Waals surface area contributed by atoms with Crippen LogP contribution in [0.4, 0.5) is 0 Å². The van der Waals surface area contributed by atoms with Crippen molar-refractivity contribution in [1.82, 2.24) is 0 Å². The van der Waals surface area contributed by atoms with Crippen LogP contribution in [0.1, 0.15) is 93.4 Å². The van der Waals surface area contributed by atoms with E-state index in [0.29, 0.717) is 11.7 Å². The third-order valence-corrected chi connectivity index (χ3v) is 7.77. The number of hydrogen-bond donors (Lipinski definition) is 0. The molecule has 0 aromatic rings. The molecule has 1 nitrogen and oxygen atoms in total. The van der Waals surface area contributed by atoms with Crippen LogP contribution >= 0.6 is 0 Å². The van der Waals surface area contributed by atoms with Crippen LogP contribution in [0.2, 0.25) is 0 Å². The molecule has 2 aliphatic rings. The zero-order chi connectivity index (χ0) is 18.7. The summed E-state index contributed by atoms with van der Waals surface area (Å²) in [5, 5.41) is 0. The lowest BCUT2D eigenvalue weighted by Gasteiger charge is -2.49. The molecule has 0 aliphatic heterocycles. The maximum absolute atomic E-state index is 12.3. The molecule has 0 N–H and O–H groups in total. The molecular formula is C24H44O. The molecule has 0 saturated heterocycles. The highest BCUT2D eigenvalue weighted by Gasteiger charge is 2.43. The van der Waals surface area contributed by atoms with E-state index in [1.54, 1.807) is 0 Å². The van der Waals surface area contributed by atoms with Crippen molar-refractivity contribution in [1.29, 1.82) is 0 Å². The van der Waals surface area contributed by atoms with Gasteiger partial charge in [0, 0.05) is 6.42 Å². The van der Waals surface area contributed by atoms with E-state index in [-0.39, 0.29) is 0 Å². The van der Waals surface area contributed by atoms with Crippen LogP contribution in [-0.4, -0.2) is 5.78 Å². The summed E-state index contributed by atoms with van der Waals surface area (Å²) in [7, 11) is 0. The lowest BCUT2D eigenvalue weighted by molar-refractivity contribution is -0.120. The van der Waals surface area contributed by atoms with Gasteiger partial charge < -0.3 is 4.79 Å². The number of carbonyl (C=O) groups excluding carboxylic acids is 1. The first-order valence-electron chi connectivity index (χ1n) is 11.2. The first-order chi connectivity index (χ1) is 11.7. The van der Waals surface area contributed by atoms with Gasteiger partial charge in [0.15, 0.2) is 0 Å². The first-order valence-corrected chi connectivity index (χ1v) is 11.2. The molecule has 25 heavy (non-hydrogen) atoms. The minimum atomic E-state index is 0.423. The van der Waals surface area contributed by atoms with Crippen molar-refractivity contribution in [2.75, 3.05) is 0 Å². The summed E-state index contributed by atoms with van der Waals surface area (Å²) in [5.41, 5.74) is 0. The number of hydrogen-bond acceptors (Lipinski definition) is 1. The number of ketones is 1. The van der Waals surface area contributed by atoms with Crippen LogP contribution in [0.25, 0.3) is 0 Å². The van der Waals surface area contributed by atoms with Gasteiger partial charge in [-0.2, -0.15) is 0 Å². The highest BCUT2D eigenvalue weighted by atomic mass is 16.1. The summed E-state index contributed by atoms with van der Waals surface area (Å²) in [6.45, 7) is 16.4. The zero-order valence-corrected chi connectivity index (χ0v) is 18.1. The van der Waals surface area contributed by atoms with Gasteiger partial charge in [-0.15, -0.1) is 0 Å². The predicted octanol–water partition coefficient (Wildman–Crippen LogP) is 7.00. The van der Waals surface area contributed by atoms with Crippen molar-refractivity contribution in [3.05, 3.63) is 0 Å². The van der Waals surface area contributed by atoms with E-state index in [4.69, 9.17) is 0 Å². The molecule has 2 fully saturated rings. The van der Waals surface area contributed by atoms with Gasteiger partial charge in [-0.25, -0.2) is 0 Å². The molecule has 6 unspecified atom stereocenters. The molecule has 0 bridgehead atoms. The third kappa shape index (κ3) is 5.33. The average Bonchev–Trinajstić information content (AvgIpc) is 2.51. The molecule has 0 spiro atoms. The molecule has 2 rings (SSSR count). The molecule has 6 atom stereocenters. The molecule has 2 aliphatic carbocycles. The van der Waals surface area contributed by atoms with Crippen molar-refractivity contribution in [3.8, 4) is 0 Å². The number of carbonyl (C=O) groups is 1. The third-order valence-electron chi connectivity index (χ3n) is 7.77. The van der Waals surface area contributed by atoms with E-state index < -0.39 is 0 Å². The Morgan fingerprint density at radius 1 is 0.760 bits per heavy atom. The van der Waals surface area contributed by atoms with Crippen LogP contribution in [0.3, 0.4) is 0 Å². The Bertz CT molecular complexity index is 392. The van der Waals surface area contributed by atoms with Crippen molar-refractivity contribution < 1.29 is 4.79 Å². The van der Waals surface area contributed by atoms with E-state index in [9.17, 15) is 4.79 Å². The lowest BCUT2D eigenvalue weighted by Crippen LogP contribution is -2.42. The van der Waals surface area contributed by atoms with E-state index in [2.05, 4.69) is 41.5 Å². The summed E-state index contributed by atoms with van der Waals surface area (Å²) < 4.78 is 0. The van der Waals surface area contributed by atoms with E-state index in [1.807, 2.05) is 6.92 Å². The number of Topliss-reactive ketones (excluding diaryl/α,β-unsaturated/α-hetero) is 1. The molecule has 2 saturated carbocycles. The van der Waals surface area contributed by atoms with Gasteiger partial charge in [0.1, 0.15) is 5.78 Å². The fraction of sp³-hybridized carbons (Fsp3) is 0.958. The summed E-state index contributed by atoms with van der Waals surface area (Å²) in [6, 6.07) is 0. The maximum Gasteiger partial charge on any atom is 0.130 e. The van der Waals surface area contributed by atoms with Crippen LogP contribution in [-0.2, 0) is 4.79 Å².